The molecule has 1 saturated heterocycles. The number of nitrogens with one attached hydrogen (secondary N) is 1. The molecule has 0 bridgehead atoms. The highest BCUT2D eigenvalue weighted by molar-refractivity contribution is 5.55. The Kier molecular flexibility index (Phi) is 5.76. The molecule has 1 heterocycles. The van der Waals surface area contributed by atoms with Gasteiger partial charge in [-0.15, -0.1) is 0 Å². The molecule has 0 aliphatic carbocycles. The maximum absolute atomic E-state index is 3.48. The summed E-state index contributed by atoms with van der Waals surface area (Å²) in [5, 5.41) is 3.48. The van der Waals surface area contributed by atoms with Gasteiger partial charge in [0.15, 0.2) is 0 Å². The predicted octanol–water partition coefficient (Wildman–Crippen LogP) is 4.08. The SMILES string of the molecule is CC(C)CNc1ccc(N2CCN(Cc3ccccc3)CC2)cc1. The van der Waals surface area contributed by atoms with Crippen molar-refractivity contribution in [1.82, 2.24) is 4.90 Å². The molecular formula is C21H29N3. The van der Waals surface area contributed by atoms with Gasteiger partial charge in [0, 0.05) is 50.6 Å². The van der Waals surface area contributed by atoms with Crippen LogP contribution in [0.3, 0.4) is 0 Å². The predicted molar refractivity (Wildman–Crippen MR) is 104 cm³/mol. The van der Waals surface area contributed by atoms with E-state index in [4.69, 9.17) is 0 Å². The highest BCUT2D eigenvalue weighted by Gasteiger charge is 2.17. The molecule has 0 spiro atoms. The zero-order valence-corrected chi connectivity index (χ0v) is 14.9. The van der Waals surface area contributed by atoms with Crippen LogP contribution in [0.5, 0.6) is 0 Å². The van der Waals surface area contributed by atoms with Crippen molar-refractivity contribution in [2.45, 2.75) is 20.4 Å². The van der Waals surface area contributed by atoms with Crippen molar-refractivity contribution in [1.29, 1.82) is 0 Å². The molecule has 1 N–H and O–H groups in total. The molecular weight excluding hydrogens is 294 g/mol. The van der Waals surface area contributed by atoms with Crippen LogP contribution in [0, 0.1) is 5.92 Å². The first-order valence-corrected chi connectivity index (χ1v) is 9.06. The van der Waals surface area contributed by atoms with Crippen LogP contribution in [0.25, 0.3) is 0 Å². The van der Waals surface area contributed by atoms with Crippen LogP contribution < -0.4 is 10.2 Å². The number of piperazine rings is 1. The second-order valence-electron chi connectivity index (χ2n) is 7.07. The van der Waals surface area contributed by atoms with Crippen LogP contribution in [0.4, 0.5) is 11.4 Å². The van der Waals surface area contributed by atoms with Gasteiger partial charge in [0.1, 0.15) is 0 Å². The summed E-state index contributed by atoms with van der Waals surface area (Å²) in [4.78, 5) is 5.04. The van der Waals surface area contributed by atoms with Crippen LogP contribution in [0.1, 0.15) is 19.4 Å². The molecule has 1 aliphatic heterocycles. The lowest BCUT2D eigenvalue weighted by molar-refractivity contribution is 0.250. The maximum atomic E-state index is 3.48. The van der Waals surface area contributed by atoms with Gasteiger partial charge >= 0.3 is 0 Å². The molecule has 0 radical (unpaired) electrons. The van der Waals surface area contributed by atoms with Crippen molar-refractivity contribution in [3.63, 3.8) is 0 Å². The summed E-state index contributed by atoms with van der Waals surface area (Å²) in [6.45, 7) is 11.0. The number of anilines is 2. The van der Waals surface area contributed by atoms with Gasteiger partial charge in [-0.3, -0.25) is 4.90 Å². The lowest BCUT2D eigenvalue weighted by atomic mass is 10.2. The fourth-order valence-corrected chi connectivity index (χ4v) is 3.12. The molecule has 0 saturated carbocycles. The largest absolute Gasteiger partial charge is 0.385 e. The molecule has 0 aromatic heterocycles. The lowest BCUT2D eigenvalue weighted by Crippen LogP contribution is -2.45. The quantitative estimate of drug-likeness (QED) is 0.864. The average molecular weight is 323 g/mol. The fourth-order valence-electron chi connectivity index (χ4n) is 3.12. The molecule has 0 unspecified atom stereocenters. The summed E-state index contributed by atoms with van der Waals surface area (Å²) < 4.78 is 0. The van der Waals surface area contributed by atoms with E-state index < -0.39 is 0 Å². The Morgan fingerprint density at radius 1 is 0.875 bits per heavy atom. The second-order valence-corrected chi connectivity index (χ2v) is 7.07. The van der Waals surface area contributed by atoms with Crippen LogP contribution in [-0.2, 0) is 6.54 Å². The van der Waals surface area contributed by atoms with Crippen LogP contribution in [-0.4, -0.2) is 37.6 Å². The summed E-state index contributed by atoms with van der Waals surface area (Å²) in [7, 11) is 0. The number of hydrogen-bond acceptors (Lipinski definition) is 3. The van der Waals surface area contributed by atoms with Crippen LogP contribution in [0.15, 0.2) is 54.6 Å². The van der Waals surface area contributed by atoms with E-state index in [1.54, 1.807) is 0 Å². The molecule has 128 valence electrons. The molecule has 0 atom stereocenters. The summed E-state index contributed by atoms with van der Waals surface area (Å²) in [6, 6.07) is 19.7. The van der Waals surface area contributed by atoms with Crippen molar-refractivity contribution >= 4 is 11.4 Å². The molecule has 1 fully saturated rings. The van der Waals surface area contributed by atoms with E-state index in [2.05, 4.69) is 83.6 Å². The van der Waals surface area contributed by atoms with E-state index in [9.17, 15) is 0 Å². The van der Waals surface area contributed by atoms with Gasteiger partial charge in [0.25, 0.3) is 0 Å². The zero-order chi connectivity index (χ0) is 16.8. The normalized spacial score (nSPS) is 15.7. The number of rotatable bonds is 6. The van der Waals surface area contributed by atoms with E-state index in [0.717, 1.165) is 39.3 Å². The highest BCUT2D eigenvalue weighted by atomic mass is 15.3. The third-order valence-electron chi connectivity index (χ3n) is 4.57. The molecule has 24 heavy (non-hydrogen) atoms. The van der Waals surface area contributed by atoms with E-state index >= 15 is 0 Å². The van der Waals surface area contributed by atoms with Crippen molar-refractivity contribution in [3.05, 3.63) is 60.2 Å². The third kappa shape index (κ3) is 4.75. The Hall–Kier alpha value is -2.00. The first kappa shape index (κ1) is 16.8. The molecule has 2 aromatic rings. The molecule has 2 aromatic carbocycles. The summed E-state index contributed by atoms with van der Waals surface area (Å²) >= 11 is 0. The van der Waals surface area contributed by atoms with Crippen LogP contribution in [0.2, 0.25) is 0 Å². The molecule has 3 rings (SSSR count). The maximum Gasteiger partial charge on any atom is 0.0368 e. The van der Waals surface area contributed by atoms with Crippen molar-refractivity contribution in [3.8, 4) is 0 Å². The monoisotopic (exact) mass is 323 g/mol. The molecule has 1 aliphatic rings. The Morgan fingerprint density at radius 2 is 1.54 bits per heavy atom. The highest BCUT2D eigenvalue weighted by Crippen LogP contribution is 2.20. The molecule has 3 nitrogen and oxygen atoms in total. The number of hydrogen-bond donors (Lipinski definition) is 1. The Labute approximate surface area is 146 Å². The van der Waals surface area contributed by atoms with E-state index in [1.807, 2.05) is 0 Å². The van der Waals surface area contributed by atoms with Gasteiger partial charge in [-0.2, -0.15) is 0 Å². The van der Waals surface area contributed by atoms with Gasteiger partial charge in [0.2, 0.25) is 0 Å². The van der Waals surface area contributed by atoms with Crippen LogP contribution >= 0.6 is 0 Å². The first-order valence-electron chi connectivity index (χ1n) is 9.06. The van der Waals surface area contributed by atoms with Crippen molar-refractivity contribution in [2.24, 2.45) is 5.92 Å². The smallest absolute Gasteiger partial charge is 0.0368 e. The Morgan fingerprint density at radius 3 is 2.17 bits per heavy atom. The number of benzene rings is 2. The second kappa shape index (κ2) is 8.20. The topological polar surface area (TPSA) is 18.5 Å². The summed E-state index contributed by atoms with van der Waals surface area (Å²) in [5.74, 6) is 0.669. The van der Waals surface area contributed by atoms with E-state index in [1.165, 1.54) is 16.9 Å². The van der Waals surface area contributed by atoms with Gasteiger partial charge in [0.05, 0.1) is 0 Å². The van der Waals surface area contributed by atoms with Crippen molar-refractivity contribution < 1.29 is 0 Å². The third-order valence-corrected chi connectivity index (χ3v) is 4.57. The first-order chi connectivity index (χ1) is 11.7. The Bertz CT molecular complexity index is 599. The molecule has 0 amide bonds. The van der Waals surface area contributed by atoms with Crippen molar-refractivity contribution in [2.75, 3.05) is 42.9 Å². The minimum atomic E-state index is 0.669. The summed E-state index contributed by atoms with van der Waals surface area (Å²) in [5.41, 5.74) is 3.96. The Balaban J connectivity index is 1.49. The standard InChI is InChI=1S/C21H29N3/c1-18(2)16-22-20-8-10-21(11-9-20)24-14-12-23(13-15-24)17-19-6-4-3-5-7-19/h3-11,18,22H,12-17H2,1-2H3. The van der Waals surface area contributed by atoms with Gasteiger partial charge < -0.3 is 10.2 Å². The van der Waals surface area contributed by atoms with Gasteiger partial charge in [-0.05, 0) is 35.7 Å². The molecule has 3 heteroatoms. The minimum Gasteiger partial charge on any atom is -0.385 e. The van der Waals surface area contributed by atoms with E-state index in [-0.39, 0.29) is 0 Å². The number of nitrogens with zero attached hydrogens (tertiary/aromatic N) is 2. The van der Waals surface area contributed by atoms with Gasteiger partial charge in [-0.1, -0.05) is 44.2 Å². The van der Waals surface area contributed by atoms with E-state index in [0.29, 0.717) is 5.92 Å². The lowest BCUT2D eigenvalue weighted by Gasteiger charge is -2.36. The van der Waals surface area contributed by atoms with Gasteiger partial charge in [-0.25, -0.2) is 0 Å². The minimum absolute atomic E-state index is 0.669. The fraction of sp³-hybridized carbons (Fsp3) is 0.429. The summed E-state index contributed by atoms with van der Waals surface area (Å²) in [6.07, 6.45) is 0. The zero-order valence-electron chi connectivity index (χ0n) is 14.9. The average Bonchev–Trinajstić information content (AvgIpc) is 2.62.